The van der Waals surface area contributed by atoms with Gasteiger partial charge in [0.2, 0.25) is 5.56 Å². The molecule has 0 saturated carbocycles. The molecule has 5 heteroatoms. The molecule has 0 saturated heterocycles. The van der Waals surface area contributed by atoms with E-state index in [4.69, 9.17) is 0 Å². The van der Waals surface area contributed by atoms with Crippen molar-refractivity contribution < 1.29 is 32.7 Å². The molecule has 0 amide bonds. The molecular formula is C10H11N3OY-2. The minimum absolute atomic E-state index is 0. The Hall–Kier alpha value is -0.736. The van der Waals surface area contributed by atoms with Crippen molar-refractivity contribution in [3.63, 3.8) is 0 Å². The molecule has 0 atom stereocenters. The molecule has 2 aromatic rings. The van der Waals surface area contributed by atoms with Crippen molar-refractivity contribution in [3.8, 4) is 0 Å². The van der Waals surface area contributed by atoms with Crippen LogP contribution in [0.3, 0.4) is 0 Å². The van der Waals surface area contributed by atoms with Crippen molar-refractivity contribution >= 4 is 11.0 Å². The molecule has 0 aliphatic heterocycles. The number of fused-ring (bicyclic) bond motifs is 1. The molecule has 15 heavy (non-hydrogen) atoms. The second-order valence-corrected chi connectivity index (χ2v) is 2.41. The van der Waals surface area contributed by atoms with E-state index in [0.717, 1.165) is 5.39 Å². The van der Waals surface area contributed by atoms with Gasteiger partial charge in [-0.1, -0.05) is 5.69 Å². The molecule has 0 unspecified atom stereocenters. The zero-order valence-electron chi connectivity index (χ0n) is 8.53. The van der Waals surface area contributed by atoms with Gasteiger partial charge in [-0.3, -0.25) is 9.78 Å². The van der Waals surface area contributed by atoms with Crippen molar-refractivity contribution in [3.05, 3.63) is 48.4 Å². The quantitative estimate of drug-likeness (QED) is 0.740. The zero-order valence-corrected chi connectivity index (χ0v) is 11.4. The Balaban J connectivity index is 0.000000617. The molecule has 0 aromatic carbocycles. The fourth-order valence-electron chi connectivity index (χ4n) is 1.02. The van der Waals surface area contributed by atoms with E-state index in [0.29, 0.717) is 11.3 Å². The van der Waals surface area contributed by atoms with Gasteiger partial charge < -0.3 is 11.9 Å². The van der Waals surface area contributed by atoms with Crippen LogP contribution in [0.2, 0.25) is 0 Å². The first-order valence-electron chi connectivity index (χ1n) is 4.14. The van der Waals surface area contributed by atoms with Crippen LogP contribution in [0.25, 0.3) is 11.0 Å². The van der Waals surface area contributed by atoms with Crippen LogP contribution in [-0.4, -0.2) is 15.0 Å². The molecule has 1 radical (unpaired) electrons. The molecular weight excluding hydrogens is 267 g/mol. The Morgan fingerprint density at radius 2 is 1.93 bits per heavy atom. The van der Waals surface area contributed by atoms with Gasteiger partial charge in [0.15, 0.2) is 0 Å². The van der Waals surface area contributed by atoms with Gasteiger partial charge in [-0.15, -0.1) is 11.5 Å². The molecule has 0 aliphatic rings. The number of rotatable bonds is 0. The zero-order chi connectivity index (χ0) is 10.6. The minimum atomic E-state index is -0.166. The summed E-state index contributed by atoms with van der Waals surface area (Å²) >= 11 is 0. The summed E-state index contributed by atoms with van der Waals surface area (Å²) in [6.45, 7) is 8.71. The summed E-state index contributed by atoms with van der Waals surface area (Å²) in [4.78, 5) is 21.2. The van der Waals surface area contributed by atoms with Crippen molar-refractivity contribution in [2.45, 2.75) is 6.92 Å². The predicted molar refractivity (Wildman–Crippen MR) is 55.6 cm³/mol. The summed E-state index contributed by atoms with van der Waals surface area (Å²) in [5.41, 5.74) is 0.986. The Bertz CT molecular complexity index is 481. The monoisotopic (exact) mass is 278 g/mol. The topological polar surface area (TPSA) is 58.6 Å². The average molecular weight is 278 g/mol. The van der Waals surface area contributed by atoms with Crippen LogP contribution in [0.1, 0.15) is 12.6 Å². The van der Waals surface area contributed by atoms with Crippen LogP contribution in [-0.2, 0) is 32.7 Å². The number of hydrogen-bond acceptors (Lipinski definition) is 3. The van der Waals surface area contributed by atoms with Gasteiger partial charge in [0.1, 0.15) is 6.33 Å². The van der Waals surface area contributed by atoms with E-state index in [9.17, 15) is 4.79 Å². The molecule has 2 rings (SSSR count). The van der Waals surface area contributed by atoms with Crippen molar-refractivity contribution in [1.82, 2.24) is 15.0 Å². The normalized spacial score (nSPS) is 8.67. The first-order valence-corrected chi connectivity index (χ1v) is 4.14. The molecule has 0 aliphatic carbocycles. The van der Waals surface area contributed by atoms with E-state index >= 15 is 0 Å². The number of aromatic amines is 1. The number of hydrogen-bond donors (Lipinski definition) is 1. The Morgan fingerprint density at radius 3 is 2.60 bits per heavy atom. The van der Waals surface area contributed by atoms with Gasteiger partial charge in [0.25, 0.3) is 0 Å². The molecule has 4 nitrogen and oxygen atoms in total. The van der Waals surface area contributed by atoms with Gasteiger partial charge >= 0.3 is 0 Å². The summed E-state index contributed by atoms with van der Waals surface area (Å²) < 4.78 is 0. The fourth-order valence-corrected chi connectivity index (χ4v) is 1.02. The summed E-state index contributed by atoms with van der Waals surface area (Å²) in [5, 5.41) is 0.775. The summed E-state index contributed by atoms with van der Waals surface area (Å²) in [7, 11) is 0. The minimum Gasteiger partial charge on any atom is -0.346 e. The first-order chi connectivity index (χ1) is 6.77. The average Bonchev–Trinajstić information content (AvgIpc) is 2.21. The van der Waals surface area contributed by atoms with Crippen LogP contribution in [0.15, 0.2) is 23.3 Å². The van der Waals surface area contributed by atoms with E-state index in [1.165, 1.54) is 12.4 Å². The van der Waals surface area contributed by atoms with Crippen LogP contribution in [0.4, 0.5) is 0 Å². The Labute approximate surface area is 113 Å². The van der Waals surface area contributed by atoms with E-state index in [1.54, 1.807) is 13.0 Å². The molecule has 0 spiro atoms. The van der Waals surface area contributed by atoms with Crippen LogP contribution >= 0.6 is 0 Å². The molecule has 0 fully saturated rings. The van der Waals surface area contributed by atoms with Crippen LogP contribution < -0.4 is 5.56 Å². The Morgan fingerprint density at radius 1 is 1.27 bits per heavy atom. The number of nitrogens with one attached hydrogen (secondary N) is 1. The molecule has 0 bridgehead atoms. The maximum Gasteiger partial charge on any atom is 0.246 e. The first kappa shape index (κ1) is 14.3. The predicted octanol–water partition coefficient (Wildman–Crippen LogP) is 1.34. The third kappa shape index (κ3) is 3.40. The van der Waals surface area contributed by atoms with Crippen molar-refractivity contribution in [2.24, 2.45) is 0 Å². The smallest absolute Gasteiger partial charge is 0.246 e. The van der Waals surface area contributed by atoms with E-state index in [1.807, 2.05) is 0 Å². The summed E-state index contributed by atoms with van der Waals surface area (Å²) in [6, 6.07) is 3.09. The van der Waals surface area contributed by atoms with Gasteiger partial charge in [0.05, 0.1) is 5.65 Å². The van der Waals surface area contributed by atoms with Crippen LogP contribution in [0.5, 0.6) is 0 Å². The second kappa shape index (κ2) is 6.69. The SMILES string of the molecule is [CH2-]C.[CH2-]c1ncnc2[nH]c(=O)ccc12.[Y]. The van der Waals surface area contributed by atoms with Crippen molar-refractivity contribution in [2.75, 3.05) is 0 Å². The number of nitrogens with zero attached hydrogens (tertiary/aromatic N) is 2. The third-order valence-electron chi connectivity index (χ3n) is 1.61. The summed E-state index contributed by atoms with van der Waals surface area (Å²) in [6.07, 6.45) is 1.38. The maximum absolute atomic E-state index is 10.9. The van der Waals surface area contributed by atoms with E-state index in [-0.39, 0.29) is 38.3 Å². The molecule has 77 valence electrons. The van der Waals surface area contributed by atoms with E-state index in [2.05, 4.69) is 28.8 Å². The maximum atomic E-state index is 10.9. The number of pyridine rings is 1. The van der Waals surface area contributed by atoms with Crippen molar-refractivity contribution in [1.29, 1.82) is 0 Å². The van der Waals surface area contributed by atoms with Gasteiger partial charge in [0, 0.05) is 32.7 Å². The third-order valence-corrected chi connectivity index (χ3v) is 1.61. The van der Waals surface area contributed by atoms with Crippen LogP contribution in [0, 0.1) is 13.8 Å². The van der Waals surface area contributed by atoms with Gasteiger partial charge in [-0.25, -0.2) is 11.9 Å². The van der Waals surface area contributed by atoms with Gasteiger partial charge in [-0.2, -0.15) is 6.92 Å². The number of aromatic nitrogens is 3. The standard InChI is InChI=1S/C8H6N3O.C2H5.Y/c1-5-6-2-3-7(12)11-8(6)10-4-9-5;1-2;/h2-4H,1H2,(H,9,10,11,12);1H2,2H3;/q2*-1;. The molecule has 2 aromatic heterocycles. The van der Waals surface area contributed by atoms with Gasteiger partial charge in [-0.05, 0) is 6.07 Å². The molecule has 1 N–H and O–H groups in total. The second-order valence-electron chi connectivity index (χ2n) is 2.41. The molecule has 2 heterocycles. The Kier molecular flexibility index (Phi) is 6.36. The van der Waals surface area contributed by atoms with E-state index < -0.39 is 0 Å². The largest absolute Gasteiger partial charge is 0.346 e. The number of H-pyrrole nitrogens is 1. The fraction of sp³-hybridized carbons (Fsp3) is 0.100. The summed E-state index contributed by atoms with van der Waals surface area (Å²) in [5.74, 6) is 0.